The Bertz CT molecular complexity index is 732. The lowest BCUT2D eigenvalue weighted by Gasteiger charge is -2.17. The molecule has 1 amide bonds. The first-order valence-corrected chi connectivity index (χ1v) is 9.43. The third kappa shape index (κ3) is 5.77. The Hall–Kier alpha value is -2.54. The van der Waals surface area contributed by atoms with Crippen molar-refractivity contribution in [2.45, 2.75) is 25.1 Å². The molecule has 138 valence electrons. The van der Waals surface area contributed by atoms with Gasteiger partial charge in [0, 0.05) is 17.9 Å². The highest BCUT2D eigenvalue weighted by atomic mass is 32.2. The molecule has 1 atom stereocenters. The van der Waals surface area contributed by atoms with Crippen molar-refractivity contribution in [3.63, 3.8) is 0 Å². The van der Waals surface area contributed by atoms with E-state index in [1.807, 2.05) is 31.2 Å². The van der Waals surface area contributed by atoms with E-state index in [2.05, 4.69) is 5.32 Å². The molecule has 0 saturated carbocycles. The van der Waals surface area contributed by atoms with Gasteiger partial charge in [-0.2, -0.15) is 0 Å². The molecule has 0 heterocycles. The number of carbonyl (C=O) groups excluding carboxylic acids is 1. The fourth-order valence-electron chi connectivity index (χ4n) is 2.47. The van der Waals surface area contributed by atoms with Crippen LogP contribution >= 0.6 is 11.8 Å². The van der Waals surface area contributed by atoms with Crippen molar-refractivity contribution < 1.29 is 14.5 Å². The highest BCUT2D eigenvalue weighted by Gasteiger charge is 2.13. The number of non-ortho nitro benzene ring substituents is 1. The fraction of sp³-hybridized carbons (Fsp3) is 0.316. The van der Waals surface area contributed by atoms with E-state index in [0.29, 0.717) is 11.5 Å². The van der Waals surface area contributed by atoms with Crippen LogP contribution in [0.15, 0.2) is 48.5 Å². The quantitative estimate of drug-likeness (QED) is 0.528. The van der Waals surface area contributed by atoms with E-state index in [1.165, 1.54) is 23.9 Å². The molecule has 2 aromatic rings. The Balaban J connectivity index is 1.81. The van der Waals surface area contributed by atoms with Crippen LogP contribution in [0.1, 0.15) is 30.5 Å². The first-order valence-electron chi connectivity index (χ1n) is 8.28. The van der Waals surface area contributed by atoms with Gasteiger partial charge in [0.25, 0.3) is 5.69 Å². The summed E-state index contributed by atoms with van der Waals surface area (Å²) in [6, 6.07) is 14.0. The van der Waals surface area contributed by atoms with Crippen molar-refractivity contribution in [3.8, 4) is 5.75 Å². The number of ether oxygens (including phenoxy) is 1. The average Bonchev–Trinajstić information content (AvgIpc) is 2.66. The number of carbonyl (C=O) groups is 1. The predicted molar refractivity (Wildman–Crippen MR) is 103 cm³/mol. The minimum atomic E-state index is -0.422. The van der Waals surface area contributed by atoms with Gasteiger partial charge in [-0.3, -0.25) is 14.9 Å². The van der Waals surface area contributed by atoms with Crippen LogP contribution in [0.25, 0.3) is 0 Å². The average molecular weight is 374 g/mol. The van der Waals surface area contributed by atoms with E-state index in [-0.39, 0.29) is 17.6 Å². The second-order valence-electron chi connectivity index (χ2n) is 5.72. The summed E-state index contributed by atoms with van der Waals surface area (Å²) in [5.41, 5.74) is 2.07. The molecule has 0 fully saturated rings. The van der Waals surface area contributed by atoms with Gasteiger partial charge >= 0.3 is 0 Å². The van der Waals surface area contributed by atoms with Gasteiger partial charge in [0.2, 0.25) is 5.91 Å². The summed E-state index contributed by atoms with van der Waals surface area (Å²) in [4.78, 5) is 22.4. The van der Waals surface area contributed by atoms with E-state index in [1.54, 1.807) is 19.2 Å². The van der Waals surface area contributed by atoms with E-state index in [4.69, 9.17) is 4.74 Å². The lowest BCUT2D eigenvalue weighted by atomic mass is 10.0. The molecule has 0 bridgehead atoms. The molecule has 0 aliphatic heterocycles. The largest absolute Gasteiger partial charge is 0.497 e. The van der Waals surface area contributed by atoms with Crippen molar-refractivity contribution in [2.24, 2.45) is 0 Å². The number of nitro benzene ring substituents is 1. The van der Waals surface area contributed by atoms with E-state index < -0.39 is 4.92 Å². The van der Waals surface area contributed by atoms with Gasteiger partial charge < -0.3 is 10.1 Å². The number of benzene rings is 2. The summed E-state index contributed by atoms with van der Waals surface area (Å²) in [5.74, 6) is 1.72. The van der Waals surface area contributed by atoms with Crippen LogP contribution in [-0.4, -0.2) is 23.7 Å². The minimum Gasteiger partial charge on any atom is -0.497 e. The second kappa shape index (κ2) is 9.82. The van der Waals surface area contributed by atoms with Crippen LogP contribution in [0, 0.1) is 10.1 Å². The highest BCUT2D eigenvalue weighted by molar-refractivity contribution is 7.99. The summed E-state index contributed by atoms with van der Waals surface area (Å²) >= 11 is 1.48. The van der Waals surface area contributed by atoms with Crippen LogP contribution in [-0.2, 0) is 10.5 Å². The number of rotatable bonds is 9. The van der Waals surface area contributed by atoms with E-state index in [9.17, 15) is 14.9 Å². The third-order valence-electron chi connectivity index (χ3n) is 3.91. The Morgan fingerprint density at radius 3 is 2.38 bits per heavy atom. The van der Waals surface area contributed by atoms with Crippen LogP contribution in [0.4, 0.5) is 5.69 Å². The van der Waals surface area contributed by atoms with Crippen molar-refractivity contribution in [2.75, 3.05) is 12.9 Å². The molecular weight excluding hydrogens is 352 g/mol. The third-order valence-corrected chi connectivity index (χ3v) is 4.91. The number of nitrogens with zero attached hydrogens (tertiary/aromatic N) is 1. The zero-order valence-corrected chi connectivity index (χ0v) is 15.6. The van der Waals surface area contributed by atoms with Gasteiger partial charge in [0.05, 0.1) is 23.8 Å². The van der Waals surface area contributed by atoms with Crippen LogP contribution < -0.4 is 10.1 Å². The van der Waals surface area contributed by atoms with Crippen molar-refractivity contribution >= 4 is 23.4 Å². The molecule has 6 nitrogen and oxygen atoms in total. The van der Waals surface area contributed by atoms with Gasteiger partial charge in [-0.25, -0.2) is 0 Å². The fourth-order valence-corrected chi connectivity index (χ4v) is 3.27. The lowest BCUT2D eigenvalue weighted by molar-refractivity contribution is -0.384. The maximum absolute atomic E-state index is 12.2. The van der Waals surface area contributed by atoms with Crippen LogP contribution in [0.5, 0.6) is 5.75 Å². The summed E-state index contributed by atoms with van der Waals surface area (Å²) in [7, 11) is 1.62. The number of amides is 1. The number of methoxy groups -OCH3 is 1. The molecule has 0 aromatic heterocycles. The molecule has 0 aliphatic carbocycles. The van der Waals surface area contributed by atoms with Crippen LogP contribution in [0.3, 0.4) is 0 Å². The maximum atomic E-state index is 12.2. The monoisotopic (exact) mass is 374 g/mol. The Kier molecular flexibility index (Phi) is 7.47. The molecule has 1 N–H and O–H groups in total. The first-order chi connectivity index (χ1) is 12.5. The summed E-state index contributed by atoms with van der Waals surface area (Å²) < 4.78 is 5.15. The number of nitro groups is 1. The Morgan fingerprint density at radius 1 is 1.19 bits per heavy atom. The molecule has 0 aliphatic rings. The molecule has 26 heavy (non-hydrogen) atoms. The molecule has 0 saturated heterocycles. The second-order valence-corrected chi connectivity index (χ2v) is 6.70. The Morgan fingerprint density at radius 2 is 1.85 bits per heavy atom. The molecule has 0 radical (unpaired) electrons. The molecular formula is C19H22N2O4S. The molecule has 7 heteroatoms. The number of nitrogens with one attached hydrogen (secondary N) is 1. The molecule has 2 aromatic carbocycles. The number of hydrogen-bond acceptors (Lipinski definition) is 5. The zero-order chi connectivity index (χ0) is 18.9. The summed E-state index contributed by atoms with van der Waals surface area (Å²) in [6.07, 6.45) is 0.797. The standard InChI is InChI=1S/C19H22N2O4S/c1-3-18(15-6-10-17(25-2)11-7-15)20-19(22)13-26-12-14-4-8-16(9-5-14)21(23)24/h4-11,18H,3,12-13H2,1-2H3,(H,20,22)/t18-/m0/s1. The van der Waals surface area contributed by atoms with Crippen LogP contribution in [0.2, 0.25) is 0 Å². The van der Waals surface area contributed by atoms with Gasteiger partial charge in [-0.15, -0.1) is 11.8 Å². The minimum absolute atomic E-state index is 0.0282. The summed E-state index contributed by atoms with van der Waals surface area (Å²) in [5, 5.41) is 13.7. The number of hydrogen-bond donors (Lipinski definition) is 1. The van der Waals surface area contributed by atoms with E-state index in [0.717, 1.165) is 23.3 Å². The lowest BCUT2D eigenvalue weighted by Crippen LogP contribution is -2.29. The van der Waals surface area contributed by atoms with Gasteiger partial charge in [-0.1, -0.05) is 31.2 Å². The number of thioether (sulfide) groups is 1. The van der Waals surface area contributed by atoms with Gasteiger partial charge in [0.1, 0.15) is 5.75 Å². The van der Waals surface area contributed by atoms with E-state index >= 15 is 0 Å². The topological polar surface area (TPSA) is 81.5 Å². The highest BCUT2D eigenvalue weighted by Crippen LogP contribution is 2.21. The van der Waals surface area contributed by atoms with Gasteiger partial charge in [-0.05, 0) is 29.7 Å². The molecule has 2 rings (SSSR count). The summed E-state index contributed by atoms with van der Waals surface area (Å²) in [6.45, 7) is 2.03. The molecule has 0 spiro atoms. The smallest absolute Gasteiger partial charge is 0.269 e. The predicted octanol–water partition coefficient (Wildman–Crippen LogP) is 4.10. The Labute approximate surface area is 157 Å². The normalized spacial score (nSPS) is 11.6. The van der Waals surface area contributed by atoms with Crippen molar-refractivity contribution in [1.29, 1.82) is 0 Å². The van der Waals surface area contributed by atoms with Crippen molar-refractivity contribution in [1.82, 2.24) is 5.32 Å². The maximum Gasteiger partial charge on any atom is 0.269 e. The first kappa shape index (κ1) is 19.8. The van der Waals surface area contributed by atoms with Gasteiger partial charge in [0.15, 0.2) is 0 Å². The van der Waals surface area contributed by atoms with Crippen molar-refractivity contribution in [3.05, 3.63) is 69.8 Å². The molecule has 0 unspecified atom stereocenters. The SMILES string of the molecule is CC[C@H](NC(=O)CSCc1ccc([N+](=O)[O-])cc1)c1ccc(OC)cc1. The zero-order valence-electron chi connectivity index (χ0n) is 14.8.